The highest BCUT2D eigenvalue weighted by molar-refractivity contribution is 7.89. The van der Waals surface area contributed by atoms with Crippen molar-refractivity contribution in [2.75, 3.05) is 25.0 Å². The fraction of sp³-hybridized carbons (Fsp3) is 0.316. The number of carbonyl (C=O) groups excluding carboxylic acids is 1. The molecule has 2 N–H and O–H groups in total. The average Bonchev–Trinajstić information content (AvgIpc) is 2.63. The van der Waals surface area contributed by atoms with Gasteiger partial charge >= 0.3 is 0 Å². The van der Waals surface area contributed by atoms with Crippen molar-refractivity contribution in [3.05, 3.63) is 58.6 Å². The van der Waals surface area contributed by atoms with Crippen LogP contribution in [-0.2, 0) is 14.8 Å². The molecule has 1 amide bonds. The summed E-state index contributed by atoms with van der Waals surface area (Å²) < 4.78 is 28.0. The molecule has 1 saturated heterocycles. The summed E-state index contributed by atoms with van der Waals surface area (Å²) in [6.07, 6.45) is 1.19. The van der Waals surface area contributed by atoms with E-state index < -0.39 is 10.0 Å². The Kier molecular flexibility index (Phi) is 6.95. The lowest BCUT2D eigenvalue weighted by Gasteiger charge is -2.31. The SMILES string of the molecule is O=C(CN1CCC(NS(=O)(=O)c2c(Cl)cccc2Cl)CC1)Nc1ccccc1. The standard InChI is InChI=1S/C19H21Cl2N3O3S/c20-16-7-4-8-17(21)19(16)28(26,27)23-15-9-11-24(12-10-15)13-18(25)22-14-5-2-1-3-6-14/h1-8,15,23H,9-13H2,(H,22,25). The van der Waals surface area contributed by atoms with E-state index in [1.54, 1.807) is 6.07 Å². The number of nitrogens with zero attached hydrogens (tertiary/aromatic N) is 1. The van der Waals surface area contributed by atoms with Crippen molar-refractivity contribution >= 4 is 44.8 Å². The molecule has 1 fully saturated rings. The van der Waals surface area contributed by atoms with Gasteiger partial charge in [-0.05, 0) is 37.1 Å². The number of carbonyl (C=O) groups is 1. The van der Waals surface area contributed by atoms with Crippen LogP contribution in [0.3, 0.4) is 0 Å². The zero-order chi connectivity index (χ0) is 20.1. The summed E-state index contributed by atoms with van der Waals surface area (Å²) >= 11 is 12.0. The van der Waals surface area contributed by atoms with Crippen LogP contribution in [0, 0.1) is 0 Å². The highest BCUT2D eigenvalue weighted by atomic mass is 35.5. The van der Waals surface area contributed by atoms with Crippen LogP contribution in [0.4, 0.5) is 5.69 Å². The Morgan fingerprint density at radius 3 is 2.21 bits per heavy atom. The third kappa shape index (κ3) is 5.46. The number of rotatable bonds is 6. The van der Waals surface area contributed by atoms with Gasteiger partial charge in [0.15, 0.2) is 0 Å². The van der Waals surface area contributed by atoms with E-state index in [2.05, 4.69) is 10.0 Å². The van der Waals surface area contributed by atoms with Gasteiger partial charge in [-0.3, -0.25) is 9.69 Å². The number of benzene rings is 2. The largest absolute Gasteiger partial charge is 0.325 e. The van der Waals surface area contributed by atoms with Gasteiger partial charge in [0.1, 0.15) is 4.90 Å². The summed E-state index contributed by atoms with van der Waals surface area (Å²) in [7, 11) is -3.81. The topological polar surface area (TPSA) is 78.5 Å². The van der Waals surface area contributed by atoms with Crippen molar-refractivity contribution in [1.29, 1.82) is 0 Å². The van der Waals surface area contributed by atoms with Crippen LogP contribution in [-0.4, -0.2) is 44.9 Å². The van der Waals surface area contributed by atoms with Crippen LogP contribution < -0.4 is 10.0 Å². The van der Waals surface area contributed by atoms with E-state index in [1.165, 1.54) is 12.1 Å². The molecule has 9 heteroatoms. The van der Waals surface area contributed by atoms with Gasteiger partial charge in [0.05, 0.1) is 16.6 Å². The van der Waals surface area contributed by atoms with Gasteiger partial charge in [-0.1, -0.05) is 47.5 Å². The Balaban J connectivity index is 1.52. The molecule has 3 rings (SSSR count). The molecular formula is C19H21Cl2N3O3S. The Hall–Kier alpha value is -1.64. The number of likely N-dealkylation sites (tertiary alicyclic amines) is 1. The number of para-hydroxylation sites is 1. The highest BCUT2D eigenvalue weighted by Crippen LogP contribution is 2.29. The van der Waals surface area contributed by atoms with Crippen molar-refractivity contribution < 1.29 is 13.2 Å². The molecule has 0 radical (unpaired) electrons. The Morgan fingerprint density at radius 1 is 1.00 bits per heavy atom. The molecule has 1 aliphatic heterocycles. The molecule has 0 bridgehead atoms. The number of anilines is 1. The second kappa shape index (κ2) is 9.24. The minimum absolute atomic E-state index is 0.0897. The van der Waals surface area contributed by atoms with E-state index in [-0.39, 0.29) is 33.4 Å². The number of piperidine rings is 1. The van der Waals surface area contributed by atoms with Crippen LogP contribution in [0.5, 0.6) is 0 Å². The number of sulfonamides is 1. The first-order valence-electron chi connectivity index (χ1n) is 8.89. The zero-order valence-electron chi connectivity index (χ0n) is 15.1. The Morgan fingerprint density at radius 2 is 1.61 bits per heavy atom. The van der Waals surface area contributed by atoms with E-state index in [1.807, 2.05) is 35.2 Å². The number of amides is 1. The predicted octanol–water partition coefficient (Wildman–Crippen LogP) is 3.37. The number of hydrogen-bond acceptors (Lipinski definition) is 4. The van der Waals surface area contributed by atoms with Crippen molar-refractivity contribution in [1.82, 2.24) is 9.62 Å². The van der Waals surface area contributed by atoms with Gasteiger partial charge in [0.2, 0.25) is 15.9 Å². The minimum Gasteiger partial charge on any atom is -0.325 e. The van der Waals surface area contributed by atoms with Crippen LogP contribution >= 0.6 is 23.2 Å². The molecule has 0 aromatic heterocycles. The molecule has 150 valence electrons. The van der Waals surface area contributed by atoms with Crippen molar-refractivity contribution in [2.24, 2.45) is 0 Å². The monoisotopic (exact) mass is 441 g/mol. The quantitative estimate of drug-likeness (QED) is 0.719. The second-order valence-electron chi connectivity index (χ2n) is 6.64. The van der Waals surface area contributed by atoms with Crippen molar-refractivity contribution in [3.8, 4) is 0 Å². The molecule has 0 saturated carbocycles. The van der Waals surface area contributed by atoms with E-state index in [4.69, 9.17) is 23.2 Å². The van der Waals surface area contributed by atoms with Gasteiger partial charge in [-0.2, -0.15) is 0 Å². The maximum Gasteiger partial charge on any atom is 0.243 e. The highest BCUT2D eigenvalue weighted by Gasteiger charge is 2.28. The smallest absolute Gasteiger partial charge is 0.243 e. The normalized spacial score (nSPS) is 16.1. The third-order valence-corrected chi connectivity index (χ3v) is 7.00. The minimum atomic E-state index is -3.81. The van der Waals surface area contributed by atoms with Crippen LogP contribution in [0.15, 0.2) is 53.4 Å². The summed E-state index contributed by atoms with van der Waals surface area (Å²) in [5.74, 6) is -0.0897. The lowest BCUT2D eigenvalue weighted by molar-refractivity contribution is -0.117. The van der Waals surface area contributed by atoms with Gasteiger partial charge in [0, 0.05) is 24.8 Å². The molecule has 0 aliphatic carbocycles. The number of halogens is 2. The molecule has 0 unspecified atom stereocenters. The molecule has 0 spiro atoms. The molecule has 0 atom stereocenters. The maximum absolute atomic E-state index is 12.6. The lowest BCUT2D eigenvalue weighted by atomic mass is 10.1. The van der Waals surface area contributed by atoms with Gasteiger partial charge in [0.25, 0.3) is 0 Å². The molecule has 2 aromatic carbocycles. The van der Waals surface area contributed by atoms with E-state index in [0.717, 1.165) is 5.69 Å². The number of hydrogen-bond donors (Lipinski definition) is 2. The zero-order valence-corrected chi connectivity index (χ0v) is 17.4. The van der Waals surface area contributed by atoms with Gasteiger partial charge in [-0.25, -0.2) is 13.1 Å². The predicted molar refractivity (Wildman–Crippen MR) is 111 cm³/mol. The van der Waals surface area contributed by atoms with Crippen LogP contribution in [0.1, 0.15) is 12.8 Å². The van der Waals surface area contributed by atoms with E-state index in [0.29, 0.717) is 25.9 Å². The fourth-order valence-electron chi connectivity index (χ4n) is 3.15. The van der Waals surface area contributed by atoms with Crippen LogP contribution in [0.2, 0.25) is 10.0 Å². The van der Waals surface area contributed by atoms with Crippen molar-refractivity contribution in [3.63, 3.8) is 0 Å². The molecule has 28 heavy (non-hydrogen) atoms. The summed E-state index contributed by atoms with van der Waals surface area (Å²) in [5.41, 5.74) is 0.756. The first-order chi connectivity index (χ1) is 13.3. The van der Waals surface area contributed by atoms with E-state index in [9.17, 15) is 13.2 Å². The van der Waals surface area contributed by atoms with E-state index >= 15 is 0 Å². The Labute approximate surface area is 174 Å². The molecule has 6 nitrogen and oxygen atoms in total. The first kappa shape index (κ1) is 21.1. The Bertz CT molecular complexity index is 910. The summed E-state index contributed by atoms with van der Waals surface area (Å²) in [6, 6.07) is 13.6. The fourth-order valence-corrected chi connectivity index (χ4v) is 5.60. The third-order valence-electron chi connectivity index (χ3n) is 4.52. The molecule has 1 aliphatic rings. The molecular weight excluding hydrogens is 421 g/mol. The van der Waals surface area contributed by atoms with Crippen molar-refractivity contribution in [2.45, 2.75) is 23.8 Å². The van der Waals surface area contributed by atoms with Gasteiger partial charge < -0.3 is 5.32 Å². The summed E-state index contributed by atoms with van der Waals surface area (Å²) in [5, 5.41) is 3.04. The average molecular weight is 442 g/mol. The van der Waals surface area contributed by atoms with Crippen LogP contribution in [0.25, 0.3) is 0 Å². The summed E-state index contributed by atoms with van der Waals surface area (Å²) in [6.45, 7) is 1.50. The lowest BCUT2D eigenvalue weighted by Crippen LogP contribution is -2.46. The molecule has 1 heterocycles. The number of nitrogens with one attached hydrogen (secondary N) is 2. The van der Waals surface area contributed by atoms with Gasteiger partial charge in [-0.15, -0.1) is 0 Å². The first-order valence-corrected chi connectivity index (χ1v) is 11.1. The second-order valence-corrected chi connectivity index (χ2v) is 9.10. The maximum atomic E-state index is 12.6. The summed E-state index contributed by atoms with van der Waals surface area (Å²) in [4.78, 5) is 14.1. The molecule has 2 aromatic rings.